The van der Waals surface area contributed by atoms with Crippen molar-refractivity contribution in [3.05, 3.63) is 87.9 Å². The molecular formula is C21H20N2O3S. The van der Waals surface area contributed by atoms with Gasteiger partial charge in [0.15, 0.2) is 0 Å². The standard InChI is InChI=1S/C21H20N2O3S/c1-16-22-19(15-27-16)14-25-20-10-7-17(8-11-20)9-12-21(24)23-26-13-18-5-3-2-4-6-18/h2-12,15H,13-14H2,1H3,(H,23,24)/b12-9+. The van der Waals surface area contributed by atoms with Crippen LogP contribution < -0.4 is 10.2 Å². The highest BCUT2D eigenvalue weighted by atomic mass is 32.1. The lowest BCUT2D eigenvalue weighted by atomic mass is 10.2. The summed E-state index contributed by atoms with van der Waals surface area (Å²) >= 11 is 1.61. The van der Waals surface area contributed by atoms with Gasteiger partial charge in [0.05, 0.1) is 17.3 Å². The number of nitrogens with one attached hydrogen (secondary N) is 1. The zero-order chi connectivity index (χ0) is 18.9. The molecule has 6 heteroatoms. The van der Waals surface area contributed by atoms with Gasteiger partial charge in [-0.2, -0.15) is 0 Å². The molecule has 0 aliphatic heterocycles. The van der Waals surface area contributed by atoms with Gasteiger partial charge in [0.1, 0.15) is 12.4 Å². The number of ether oxygens (including phenoxy) is 1. The number of benzene rings is 2. The van der Waals surface area contributed by atoms with E-state index in [0.29, 0.717) is 13.2 Å². The van der Waals surface area contributed by atoms with Crippen molar-refractivity contribution in [2.45, 2.75) is 20.1 Å². The Morgan fingerprint density at radius 3 is 2.59 bits per heavy atom. The smallest absolute Gasteiger partial charge is 0.267 e. The molecule has 0 fully saturated rings. The van der Waals surface area contributed by atoms with Crippen molar-refractivity contribution in [3.8, 4) is 5.75 Å². The fourth-order valence-corrected chi connectivity index (χ4v) is 2.87. The summed E-state index contributed by atoms with van der Waals surface area (Å²) in [7, 11) is 0. The Labute approximate surface area is 162 Å². The minimum Gasteiger partial charge on any atom is -0.487 e. The second-order valence-corrected chi connectivity index (χ2v) is 6.85. The van der Waals surface area contributed by atoms with Gasteiger partial charge in [-0.05, 0) is 36.3 Å². The molecule has 1 N–H and O–H groups in total. The maximum absolute atomic E-state index is 11.8. The van der Waals surface area contributed by atoms with Crippen LogP contribution in [0.4, 0.5) is 0 Å². The molecule has 0 spiro atoms. The molecule has 1 aromatic heterocycles. The molecule has 27 heavy (non-hydrogen) atoms. The first-order chi connectivity index (χ1) is 13.2. The molecule has 0 atom stereocenters. The van der Waals surface area contributed by atoms with Gasteiger partial charge in [-0.1, -0.05) is 42.5 Å². The molecule has 3 rings (SSSR count). The Balaban J connectivity index is 1.42. The Morgan fingerprint density at radius 1 is 1.11 bits per heavy atom. The van der Waals surface area contributed by atoms with Crippen molar-refractivity contribution in [2.24, 2.45) is 0 Å². The number of amides is 1. The third kappa shape index (κ3) is 6.36. The Bertz CT molecular complexity index is 889. The van der Waals surface area contributed by atoms with E-state index in [1.54, 1.807) is 17.4 Å². The summed E-state index contributed by atoms with van der Waals surface area (Å²) in [5, 5.41) is 3.02. The SMILES string of the molecule is Cc1nc(COc2ccc(/C=C/C(=O)NOCc3ccccc3)cc2)cs1. The van der Waals surface area contributed by atoms with Crippen molar-refractivity contribution in [1.82, 2.24) is 10.5 Å². The zero-order valence-electron chi connectivity index (χ0n) is 14.9. The number of thiazole rings is 1. The third-order valence-electron chi connectivity index (χ3n) is 3.61. The summed E-state index contributed by atoms with van der Waals surface area (Å²) in [4.78, 5) is 21.3. The summed E-state index contributed by atoms with van der Waals surface area (Å²) in [6.07, 6.45) is 3.15. The van der Waals surface area contributed by atoms with E-state index in [4.69, 9.17) is 9.57 Å². The van der Waals surface area contributed by atoms with Gasteiger partial charge < -0.3 is 4.74 Å². The number of aromatic nitrogens is 1. The van der Waals surface area contributed by atoms with E-state index >= 15 is 0 Å². The predicted octanol–water partition coefficient (Wildman–Crippen LogP) is 4.29. The highest BCUT2D eigenvalue weighted by Crippen LogP contribution is 2.16. The number of hydrogen-bond acceptors (Lipinski definition) is 5. The summed E-state index contributed by atoms with van der Waals surface area (Å²) < 4.78 is 5.70. The fraction of sp³-hybridized carbons (Fsp3) is 0.143. The van der Waals surface area contributed by atoms with Crippen molar-refractivity contribution >= 4 is 23.3 Å². The van der Waals surface area contributed by atoms with E-state index in [1.807, 2.05) is 66.9 Å². The largest absolute Gasteiger partial charge is 0.487 e. The number of aryl methyl sites for hydroxylation is 1. The second-order valence-electron chi connectivity index (χ2n) is 5.79. The van der Waals surface area contributed by atoms with Crippen LogP contribution in [0, 0.1) is 6.92 Å². The first kappa shape index (κ1) is 18.8. The van der Waals surface area contributed by atoms with Crippen molar-refractivity contribution in [1.29, 1.82) is 0 Å². The van der Waals surface area contributed by atoms with Crippen LogP contribution in [0.15, 0.2) is 66.1 Å². The van der Waals surface area contributed by atoms with Gasteiger partial charge in [-0.15, -0.1) is 11.3 Å². The van der Waals surface area contributed by atoms with Crippen LogP contribution in [0.2, 0.25) is 0 Å². The topological polar surface area (TPSA) is 60.5 Å². The molecule has 0 bridgehead atoms. The number of carbonyl (C=O) groups is 1. The lowest BCUT2D eigenvalue weighted by Crippen LogP contribution is -2.21. The van der Waals surface area contributed by atoms with Crippen LogP contribution in [-0.4, -0.2) is 10.9 Å². The molecule has 138 valence electrons. The number of hydrogen-bond donors (Lipinski definition) is 1. The van der Waals surface area contributed by atoms with Gasteiger partial charge in [0.25, 0.3) is 5.91 Å². The van der Waals surface area contributed by atoms with Crippen LogP contribution in [0.5, 0.6) is 5.75 Å². The van der Waals surface area contributed by atoms with Crippen molar-refractivity contribution in [3.63, 3.8) is 0 Å². The number of carbonyl (C=O) groups excluding carboxylic acids is 1. The molecule has 5 nitrogen and oxygen atoms in total. The first-order valence-electron chi connectivity index (χ1n) is 8.47. The van der Waals surface area contributed by atoms with E-state index < -0.39 is 0 Å². The minimum absolute atomic E-state index is 0.315. The second kappa shape index (κ2) is 9.66. The molecule has 0 aliphatic rings. The Morgan fingerprint density at radius 2 is 1.89 bits per heavy atom. The minimum atomic E-state index is -0.315. The summed E-state index contributed by atoms with van der Waals surface area (Å²) in [6.45, 7) is 2.74. The van der Waals surface area contributed by atoms with Gasteiger partial charge in [0.2, 0.25) is 0 Å². The molecule has 0 saturated carbocycles. The average Bonchev–Trinajstić information content (AvgIpc) is 3.12. The monoisotopic (exact) mass is 380 g/mol. The molecule has 0 unspecified atom stereocenters. The lowest BCUT2D eigenvalue weighted by molar-refractivity contribution is -0.129. The number of rotatable bonds is 8. The van der Waals surface area contributed by atoms with Gasteiger partial charge in [0, 0.05) is 11.5 Å². The third-order valence-corrected chi connectivity index (χ3v) is 4.44. The quantitative estimate of drug-likeness (QED) is 0.468. The zero-order valence-corrected chi connectivity index (χ0v) is 15.7. The molecular weight excluding hydrogens is 360 g/mol. The lowest BCUT2D eigenvalue weighted by Gasteiger charge is -2.05. The molecule has 0 radical (unpaired) electrons. The molecule has 0 aliphatic carbocycles. The van der Waals surface area contributed by atoms with Crippen LogP contribution in [0.3, 0.4) is 0 Å². The van der Waals surface area contributed by atoms with Crippen LogP contribution in [0.1, 0.15) is 21.8 Å². The summed E-state index contributed by atoms with van der Waals surface area (Å²) in [5.74, 6) is 0.443. The van der Waals surface area contributed by atoms with E-state index in [-0.39, 0.29) is 5.91 Å². The first-order valence-corrected chi connectivity index (χ1v) is 9.34. The van der Waals surface area contributed by atoms with Crippen molar-refractivity contribution < 1.29 is 14.4 Å². The van der Waals surface area contributed by atoms with Crippen LogP contribution in [-0.2, 0) is 22.8 Å². The molecule has 3 aromatic rings. The molecule has 2 aromatic carbocycles. The van der Waals surface area contributed by atoms with E-state index in [1.165, 1.54) is 6.08 Å². The van der Waals surface area contributed by atoms with Gasteiger partial charge >= 0.3 is 0 Å². The van der Waals surface area contributed by atoms with Gasteiger partial charge in [-0.3, -0.25) is 9.63 Å². The highest BCUT2D eigenvalue weighted by molar-refractivity contribution is 7.09. The van der Waals surface area contributed by atoms with Crippen LogP contribution >= 0.6 is 11.3 Å². The number of nitrogens with zero attached hydrogens (tertiary/aromatic N) is 1. The predicted molar refractivity (Wildman–Crippen MR) is 106 cm³/mol. The summed E-state index contributed by atoms with van der Waals surface area (Å²) in [5.41, 5.74) is 5.21. The maximum atomic E-state index is 11.8. The van der Waals surface area contributed by atoms with E-state index in [2.05, 4.69) is 10.5 Å². The molecule has 1 heterocycles. The van der Waals surface area contributed by atoms with Crippen LogP contribution in [0.25, 0.3) is 6.08 Å². The fourth-order valence-electron chi connectivity index (χ4n) is 2.28. The van der Waals surface area contributed by atoms with Gasteiger partial charge in [-0.25, -0.2) is 10.5 Å². The molecule has 0 saturated heterocycles. The normalized spacial score (nSPS) is 10.9. The molecule has 1 amide bonds. The average molecular weight is 380 g/mol. The number of hydroxylamine groups is 1. The highest BCUT2D eigenvalue weighted by Gasteiger charge is 2.00. The summed E-state index contributed by atoms with van der Waals surface area (Å²) in [6, 6.07) is 17.1. The van der Waals surface area contributed by atoms with E-state index in [9.17, 15) is 4.79 Å². The Kier molecular flexibility index (Phi) is 6.73. The Hall–Kier alpha value is -2.96. The maximum Gasteiger partial charge on any atom is 0.267 e. The van der Waals surface area contributed by atoms with Crippen molar-refractivity contribution in [2.75, 3.05) is 0 Å². The van der Waals surface area contributed by atoms with E-state index in [0.717, 1.165) is 27.6 Å².